The van der Waals surface area contributed by atoms with Crippen molar-refractivity contribution in [3.63, 3.8) is 0 Å². The molecule has 0 spiro atoms. The van der Waals surface area contributed by atoms with E-state index in [1.807, 2.05) is 49.4 Å². The summed E-state index contributed by atoms with van der Waals surface area (Å²) in [6.45, 7) is 2.45. The summed E-state index contributed by atoms with van der Waals surface area (Å²) in [5.41, 5.74) is 3.17. The van der Waals surface area contributed by atoms with Crippen LogP contribution in [-0.2, 0) is 6.54 Å². The van der Waals surface area contributed by atoms with Crippen molar-refractivity contribution in [2.75, 3.05) is 7.05 Å². The van der Waals surface area contributed by atoms with Crippen molar-refractivity contribution in [2.24, 2.45) is 0 Å². The summed E-state index contributed by atoms with van der Waals surface area (Å²) in [6.07, 6.45) is 3.35. The quantitative estimate of drug-likeness (QED) is 0.741. The second-order valence-corrected chi connectivity index (χ2v) is 5.37. The smallest absolute Gasteiger partial charge is 0.276 e. The first-order valence-corrected chi connectivity index (χ1v) is 7.28. The minimum atomic E-state index is -0.186. The number of hydrogen-bond acceptors (Lipinski definition) is 4. The predicted octanol–water partition coefficient (Wildman–Crippen LogP) is 2.24. The second-order valence-electron chi connectivity index (χ2n) is 5.37. The first kappa shape index (κ1) is 14.9. The third-order valence-electron chi connectivity index (χ3n) is 3.48. The average molecular weight is 307 g/mol. The molecule has 0 radical (unpaired) electrons. The Hall–Kier alpha value is -3.02. The van der Waals surface area contributed by atoms with Crippen LogP contribution in [0.4, 0.5) is 0 Å². The monoisotopic (exact) mass is 307 g/mol. The molecule has 0 N–H and O–H groups in total. The molecule has 3 rings (SSSR count). The summed E-state index contributed by atoms with van der Waals surface area (Å²) in [4.78, 5) is 18.2. The van der Waals surface area contributed by atoms with Gasteiger partial charge in [0, 0.05) is 13.2 Å². The van der Waals surface area contributed by atoms with Gasteiger partial charge in [-0.15, -0.1) is 5.10 Å². The number of rotatable bonds is 4. The van der Waals surface area contributed by atoms with Crippen LogP contribution in [0.1, 0.15) is 21.7 Å². The summed E-state index contributed by atoms with van der Waals surface area (Å²) in [7, 11) is 1.72. The van der Waals surface area contributed by atoms with Gasteiger partial charge in [0.2, 0.25) is 0 Å². The largest absolute Gasteiger partial charge is 0.334 e. The topological polar surface area (TPSA) is 63.9 Å². The zero-order valence-corrected chi connectivity index (χ0v) is 13.0. The highest BCUT2D eigenvalue weighted by molar-refractivity contribution is 5.91. The summed E-state index contributed by atoms with van der Waals surface area (Å²) >= 11 is 0. The molecule has 23 heavy (non-hydrogen) atoms. The van der Waals surface area contributed by atoms with Crippen molar-refractivity contribution < 1.29 is 4.79 Å². The van der Waals surface area contributed by atoms with Crippen molar-refractivity contribution >= 4 is 5.91 Å². The molecule has 1 amide bonds. The molecule has 0 aliphatic heterocycles. The number of benzene rings is 1. The Kier molecular flexibility index (Phi) is 4.14. The lowest BCUT2D eigenvalue weighted by Crippen LogP contribution is -2.26. The number of pyridine rings is 1. The highest BCUT2D eigenvalue weighted by Gasteiger charge is 2.16. The Balaban J connectivity index is 1.74. The van der Waals surface area contributed by atoms with Gasteiger partial charge in [0.05, 0.1) is 24.1 Å². The first-order valence-electron chi connectivity index (χ1n) is 7.28. The molecule has 0 saturated heterocycles. The van der Waals surface area contributed by atoms with Gasteiger partial charge in [0.15, 0.2) is 5.69 Å². The summed E-state index contributed by atoms with van der Waals surface area (Å²) in [6, 6.07) is 13.5. The van der Waals surface area contributed by atoms with E-state index >= 15 is 0 Å². The Morgan fingerprint density at radius 2 is 1.96 bits per heavy atom. The number of carbonyl (C=O) groups is 1. The van der Waals surface area contributed by atoms with Gasteiger partial charge in [-0.3, -0.25) is 9.78 Å². The van der Waals surface area contributed by atoms with Crippen molar-refractivity contribution in [1.29, 1.82) is 0 Å². The van der Waals surface area contributed by atoms with Crippen LogP contribution in [0.5, 0.6) is 0 Å². The molecule has 0 unspecified atom stereocenters. The molecule has 0 saturated carbocycles. The van der Waals surface area contributed by atoms with Crippen LogP contribution in [0, 0.1) is 6.92 Å². The van der Waals surface area contributed by atoms with Crippen LogP contribution >= 0.6 is 0 Å². The van der Waals surface area contributed by atoms with Crippen molar-refractivity contribution in [3.8, 4) is 5.69 Å². The minimum absolute atomic E-state index is 0.186. The maximum atomic E-state index is 12.4. The van der Waals surface area contributed by atoms with Gasteiger partial charge in [-0.05, 0) is 31.2 Å². The summed E-state index contributed by atoms with van der Waals surface area (Å²) in [5, 5.41) is 8.01. The molecule has 0 aliphatic rings. The van der Waals surface area contributed by atoms with Gasteiger partial charge >= 0.3 is 0 Å². The Labute approximate surface area is 134 Å². The maximum absolute atomic E-state index is 12.4. The molecule has 3 aromatic rings. The SMILES string of the molecule is Cc1ccc(-n2cc(C(=O)N(C)Cc3ccccn3)nn2)cc1. The van der Waals surface area contributed by atoms with Gasteiger partial charge in [-0.25, -0.2) is 4.68 Å². The van der Waals surface area contributed by atoms with Gasteiger partial charge in [0.1, 0.15) is 0 Å². The predicted molar refractivity (Wildman–Crippen MR) is 86.1 cm³/mol. The van der Waals surface area contributed by atoms with Crippen molar-refractivity contribution in [1.82, 2.24) is 24.9 Å². The van der Waals surface area contributed by atoms with Crippen LogP contribution in [0.25, 0.3) is 5.69 Å². The Morgan fingerprint density at radius 3 is 2.65 bits per heavy atom. The molecule has 2 aromatic heterocycles. The van der Waals surface area contributed by atoms with Crippen LogP contribution in [-0.4, -0.2) is 37.8 Å². The van der Waals surface area contributed by atoms with E-state index in [1.165, 1.54) is 5.56 Å². The molecule has 1 aromatic carbocycles. The molecular weight excluding hydrogens is 290 g/mol. The molecule has 116 valence electrons. The molecule has 0 atom stereocenters. The highest BCUT2D eigenvalue weighted by Crippen LogP contribution is 2.10. The molecule has 0 bridgehead atoms. The second kappa shape index (κ2) is 6.39. The molecule has 0 fully saturated rings. The lowest BCUT2D eigenvalue weighted by Gasteiger charge is -2.14. The van der Waals surface area contributed by atoms with E-state index in [0.717, 1.165) is 11.4 Å². The van der Waals surface area contributed by atoms with Crippen LogP contribution in [0.2, 0.25) is 0 Å². The number of carbonyl (C=O) groups excluding carboxylic acids is 1. The van der Waals surface area contributed by atoms with Gasteiger partial charge in [-0.1, -0.05) is 29.0 Å². The lowest BCUT2D eigenvalue weighted by atomic mass is 10.2. The molecular formula is C17H17N5O. The number of nitrogens with zero attached hydrogens (tertiary/aromatic N) is 5. The van der Waals surface area contributed by atoms with E-state index in [1.54, 1.807) is 29.0 Å². The lowest BCUT2D eigenvalue weighted by molar-refractivity contribution is 0.0777. The number of aryl methyl sites for hydroxylation is 1. The fraction of sp³-hybridized carbons (Fsp3) is 0.176. The van der Waals surface area contributed by atoms with E-state index < -0.39 is 0 Å². The molecule has 2 heterocycles. The van der Waals surface area contributed by atoms with Gasteiger partial charge in [0.25, 0.3) is 5.91 Å². The average Bonchev–Trinajstić information content (AvgIpc) is 3.05. The van der Waals surface area contributed by atoms with Crippen LogP contribution < -0.4 is 0 Å². The molecule has 6 heteroatoms. The third-order valence-corrected chi connectivity index (χ3v) is 3.48. The first-order chi connectivity index (χ1) is 11.1. The zero-order valence-electron chi connectivity index (χ0n) is 13.0. The van der Waals surface area contributed by atoms with E-state index in [4.69, 9.17) is 0 Å². The zero-order chi connectivity index (χ0) is 16.2. The van der Waals surface area contributed by atoms with Gasteiger partial charge in [-0.2, -0.15) is 0 Å². The van der Waals surface area contributed by atoms with Crippen LogP contribution in [0.3, 0.4) is 0 Å². The van der Waals surface area contributed by atoms with E-state index in [-0.39, 0.29) is 5.91 Å². The Bertz CT molecular complexity index is 795. The fourth-order valence-electron chi connectivity index (χ4n) is 2.19. The summed E-state index contributed by atoms with van der Waals surface area (Å²) < 4.78 is 1.60. The fourth-order valence-corrected chi connectivity index (χ4v) is 2.19. The minimum Gasteiger partial charge on any atom is -0.334 e. The number of aromatic nitrogens is 4. The molecule has 6 nitrogen and oxygen atoms in total. The number of amides is 1. The molecule has 0 aliphatic carbocycles. The third kappa shape index (κ3) is 3.42. The Morgan fingerprint density at radius 1 is 1.17 bits per heavy atom. The number of hydrogen-bond donors (Lipinski definition) is 0. The highest BCUT2D eigenvalue weighted by atomic mass is 16.2. The van der Waals surface area contributed by atoms with E-state index in [0.29, 0.717) is 12.2 Å². The normalized spacial score (nSPS) is 10.5. The maximum Gasteiger partial charge on any atom is 0.276 e. The standard InChI is InChI=1S/C17H17N5O/c1-13-6-8-15(9-7-13)22-12-16(19-20-22)17(23)21(2)11-14-5-3-4-10-18-14/h3-10,12H,11H2,1-2H3. The van der Waals surface area contributed by atoms with E-state index in [9.17, 15) is 4.79 Å². The van der Waals surface area contributed by atoms with Crippen LogP contribution in [0.15, 0.2) is 54.9 Å². The van der Waals surface area contributed by atoms with Crippen molar-refractivity contribution in [3.05, 3.63) is 71.8 Å². The van der Waals surface area contributed by atoms with Crippen molar-refractivity contribution in [2.45, 2.75) is 13.5 Å². The van der Waals surface area contributed by atoms with E-state index in [2.05, 4.69) is 15.3 Å². The van der Waals surface area contributed by atoms with Gasteiger partial charge < -0.3 is 4.90 Å². The summed E-state index contributed by atoms with van der Waals surface area (Å²) in [5.74, 6) is -0.186.